The highest BCUT2D eigenvalue weighted by Gasteiger charge is 2.45. The molecule has 1 nitrogen and oxygen atoms in total. The number of ether oxygens (including phenoxy) is 1. The number of alkyl halides is 1. The van der Waals surface area contributed by atoms with E-state index in [1.807, 2.05) is 0 Å². The average Bonchev–Trinajstić information content (AvgIpc) is 2.85. The minimum absolute atomic E-state index is 0.589. The highest BCUT2D eigenvalue weighted by atomic mass is 79.9. The molecule has 0 aliphatic heterocycles. The van der Waals surface area contributed by atoms with Gasteiger partial charge in [0.25, 0.3) is 0 Å². The summed E-state index contributed by atoms with van der Waals surface area (Å²) in [6.45, 7) is 6.37. The molecule has 0 bridgehead atoms. The van der Waals surface area contributed by atoms with E-state index < -0.39 is 0 Å². The van der Waals surface area contributed by atoms with E-state index in [9.17, 15) is 0 Å². The minimum Gasteiger partial charge on any atom is -0.381 e. The second kappa shape index (κ2) is 5.35. The van der Waals surface area contributed by atoms with Crippen LogP contribution in [0.25, 0.3) is 0 Å². The molecule has 0 amide bonds. The summed E-state index contributed by atoms with van der Waals surface area (Å²) in [6, 6.07) is 0. The van der Waals surface area contributed by atoms with Crippen LogP contribution in [0, 0.1) is 5.41 Å². The van der Waals surface area contributed by atoms with Crippen LogP contribution in [0.2, 0.25) is 0 Å². The molecular formula is C11H21BrO. The van der Waals surface area contributed by atoms with Gasteiger partial charge in [0, 0.05) is 18.0 Å². The van der Waals surface area contributed by atoms with Gasteiger partial charge in [-0.25, -0.2) is 0 Å². The third kappa shape index (κ3) is 3.59. The van der Waals surface area contributed by atoms with Crippen molar-refractivity contribution in [1.29, 1.82) is 0 Å². The lowest BCUT2D eigenvalue weighted by atomic mass is 10.00. The van der Waals surface area contributed by atoms with E-state index in [2.05, 4.69) is 29.8 Å². The maximum absolute atomic E-state index is 5.58. The summed E-state index contributed by atoms with van der Waals surface area (Å²) in [7, 11) is 0. The van der Waals surface area contributed by atoms with Crippen LogP contribution in [-0.4, -0.2) is 18.0 Å². The molecule has 0 N–H and O–H groups in total. The summed E-state index contributed by atoms with van der Waals surface area (Å²) >= 11 is 3.69. The molecule has 0 spiro atoms. The van der Waals surface area contributed by atoms with Gasteiger partial charge in [0.15, 0.2) is 0 Å². The fourth-order valence-electron chi connectivity index (χ4n) is 1.63. The first-order chi connectivity index (χ1) is 6.21. The van der Waals surface area contributed by atoms with Crippen molar-refractivity contribution in [3.63, 3.8) is 0 Å². The Hall–Kier alpha value is 0.440. The van der Waals surface area contributed by atoms with E-state index in [1.165, 1.54) is 32.1 Å². The first-order valence-corrected chi connectivity index (χ1v) is 6.35. The number of unbranched alkanes of at least 4 members (excludes halogenated alkanes) is 1. The average molecular weight is 249 g/mol. The van der Waals surface area contributed by atoms with Crippen LogP contribution in [0.15, 0.2) is 0 Å². The maximum atomic E-state index is 5.58. The topological polar surface area (TPSA) is 9.23 Å². The standard InChI is InChI=1S/C11H21BrO/c1-3-4-8-13-9-7-11(5-6-11)10(2)12/h10H,3-9H2,1-2H3. The van der Waals surface area contributed by atoms with Crippen molar-refractivity contribution in [2.45, 2.75) is 50.8 Å². The predicted molar refractivity (Wildman–Crippen MR) is 60.4 cm³/mol. The van der Waals surface area contributed by atoms with Crippen molar-refractivity contribution in [2.24, 2.45) is 5.41 Å². The van der Waals surface area contributed by atoms with Crippen molar-refractivity contribution in [3.8, 4) is 0 Å². The molecule has 0 aromatic rings. The van der Waals surface area contributed by atoms with Crippen LogP contribution in [-0.2, 0) is 4.74 Å². The molecule has 0 aromatic heterocycles. The lowest BCUT2D eigenvalue weighted by Crippen LogP contribution is -2.15. The molecule has 1 rings (SSSR count). The molecule has 0 saturated heterocycles. The summed E-state index contributed by atoms with van der Waals surface area (Å²) in [5.74, 6) is 0. The fourth-order valence-corrected chi connectivity index (χ4v) is 2.32. The monoisotopic (exact) mass is 248 g/mol. The Labute approximate surface area is 90.4 Å². The van der Waals surface area contributed by atoms with Gasteiger partial charge in [-0.1, -0.05) is 36.2 Å². The largest absolute Gasteiger partial charge is 0.381 e. The van der Waals surface area contributed by atoms with Crippen LogP contribution in [0.1, 0.15) is 46.0 Å². The van der Waals surface area contributed by atoms with Crippen LogP contribution in [0.5, 0.6) is 0 Å². The van der Waals surface area contributed by atoms with Gasteiger partial charge in [-0.05, 0) is 31.1 Å². The maximum Gasteiger partial charge on any atom is 0.0471 e. The lowest BCUT2D eigenvalue weighted by molar-refractivity contribution is 0.114. The van der Waals surface area contributed by atoms with E-state index in [4.69, 9.17) is 4.74 Å². The summed E-state index contributed by atoms with van der Waals surface area (Å²) in [4.78, 5) is 0.662. The molecule has 13 heavy (non-hydrogen) atoms. The third-order valence-corrected chi connectivity index (χ3v) is 4.09. The molecule has 1 unspecified atom stereocenters. The molecule has 0 aromatic carbocycles. The summed E-state index contributed by atoms with van der Waals surface area (Å²) < 4.78 is 5.58. The second-order valence-corrected chi connectivity index (χ2v) is 5.57. The van der Waals surface area contributed by atoms with Crippen molar-refractivity contribution in [1.82, 2.24) is 0 Å². The highest BCUT2D eigenvalue weighted by molar-refractivity contribution is 9.09. The van der Waals surface area contributed by atoms with Crippen LogP contribution >= 0.6 is 15.9 Å². The number of hydrogen-bond donors (Lipinski definition) is 0. The SMILES string of the molecule is CCCCOCCC1(C(C)Br)CC1. The molecule has 2 heteroatoms. The van der Waals surface area contributed by atoms with E-state index in [-0.39, 0.29) is 0 Å². The van der Waals surface area contributed by atoms with Crippen LogP contribution in [0.4, 0.5) is 0 Å². The Bertz CT molecular complexity index is 141. The lowest BCUT2D eigenvalue weighted by Gasteiger charge is -2.17. The predicted octanol–water partition coefficient (Wildman–Crippen LogP) is 3.76. The Kier molecular flexibility index (Phi) is 4.74. The van der Waals surface area contributed by atoms with Gasteiger partial charge in [0.1, 0.15) is 0 Å². The van der Waals surface area contributed by atoms with E-state index in [1.54, 1.807) is 0 Å². The Balaban J connectivity index is 1.99. The molecule has 1 fully saturated rings. The number of rotatable bonds is 7. The summed E-state index contributed by atoms with van der Waals surface area (Å²) in [6.07, 6.45) is 6.45. The van der Waals surface area contributed by atoms with E-state index >= 15 is 0 Å². The first kappa shape index (κ1) is 11.5. The molecule has 0 heterocycles. The number of halogens is 1. The number of hydrogen-bond acceptors (Lipinski definition) is 1. The molecule has 78 valence electrons. The first-order valence-electron chi connectivity index (χ1n) is 5.43. The molecule has 1 aliphatic carbocycles. The van der Waals surface area contributed by atoms with Crippen molar-refractivity contribution >= 4 is 15.9 Å². The summed E-state index contributed by atoms with van der Waals surface area (Å²) in [5.41, 5.74) is 0.589. The second-order valence-electron chi connectivity index (χ2n) is 4.19. The normalized spacial score (nSPS) is 21.5. The van der Waals surface area contributed by atoms with E-state index in [0.29, 0.717) is 10.2 Å². The smallest absolute Gasteiger partial charge is 0.0471 e. The quantitative estimate of drug-likeness (QED) is 0.493. The zero-order valence-electron chi connectivity index (χ0n) is 8.81. The Morgan fingerprint density at radius 2 is 2.08 bits per heavy atom. The van der Waals surface area contributed by atoms with Gasteiger partial charge >= 0.3 is 0 Å². The molecule has 1 atom stereocenters. The molecule has 0 radical (unpaired) electrons. The van der Waals surface area contributed by atoms with Crippen molar-refractivity contribution in [2.75, 3.05) is 13.2 Å². The van der Waals surface area contributed by atoms with Gasteiger partial charge in [-0.3, -0.25) is 0 Å². The van der Waals surface area contributed by atoms with Crippen LogP contribution < -0.4 is 0 Å². The Morgan fingerprint density at radius 3 is 2.54 bits per heavy atom. The molecule has 1 aliphatic rings. The van der Waals surface area contributed by atoms with E-state index in [0.717, 1.165) is 13.2 Å². The van der Waals surface area contributed by atoms with Gasteiger partial charge in [0.05, 0.1) is 0 Å². The van der Waals surface area contributed by atoms with Gasteiger partial charge < -0.3 is 4.74 Å². The molecule has 1 saturated carbocycles. The zero-order valence-corrected chi connectivity index (χ0v) is 10.4. The zero-order chi connectivity index (χ0) is 9.73. The van der Waals surface area contributed by atoms with Gasteiger partial charge in [-0.2, -0.15) is 0 Å². The Morgan fingerprint density at radius 1 is 1.38 bits per heavy atom. The van der Waals surface area contributed by atoms with Gasteiger partial charge in [-0.15, -0.1) is 0 Å². The summed E-state index contributed by atoms with van der Waals surface area (Å²) in [5, 5.41) is 0. The minimum atomic E-state index is 0.589. The molecular weight excluding hydrogens is 228 g/mol. The van der Waals surface area contributed by atoms with Crippen LogP contribution in [0.3, 0.4) is 0 Å². The van der Waals surface area contributed by atoms with Crippen molar-refractivity contribution in [3.05, 3.63) is 0 Å². The van der Waals surface area contributed by atoms with Crippen molar-refractivity contribution < 1.29 is 4.74 Å². The van der Waals surface area contributed by atoms with Gasteiger partial charge in [0.2, 0.25) is 0 Å². The highest BCUT2D eigenvalue weighted by Crippen LogP contribution is 2.54. The third-order valence-electron chi connectivity index (χ3n) is 3.12. The fraction of sp³-hybridized carbons (Fsp3) is 1.00.